The fourth-order valence-electron chi connectivity index (χ4n) is 6.77. The molecule has 0 radical (unpaired) electrons. The van der Waals surface area contributed by atoms with E-state index in [2.05, 4.69) is 29.2 Å². The van der Waals surface area contributed by atoms with E-state index in [9.17, 15) is 9.59 Å². The highest BCUT2D eigenvalue weighted by Gasteiger charge is 2.46. The van der Waals surface area contributed by atoms with Crippen LogP contribution < -0.4 is 4.74 Å². The van der Waals surface area contributed by atoms with Crippen molar-refractivity contribution in [2.24, 2.45) is 11.3 Å². The van der Waals surface area contributed by atoms with Crippen molar-refractivity contribution in [3.05, 3.63) is 95.6 Å². The lowest BCUT2D eigenvalue weighted by Gasteiger charge is -2.42. The zero-order valence-corrected chi connectivity index (χ0v) is 22.7. The van der Waals surface area contributed by atoms with Gasteiger partial charge in [0, 0.05) is 31.7 Å². The molecule has 0 unspecified atom stereocenters. The molecule has 3 aromatic carbocycles. The monoisotopic (exact) mass is 522 g/mol. The van der Waals surface area contributed by atoms with E-state index in [1.165, 1.54) is 43.2 Å². The number of piperidine rings is 1. The lowest BCUT2D eigenvalue weighted by molar-refractivity contribution is -0.145. The van der Waals surface area contributed by atoms with Gasteiger partial charge in [0.15, 0.2) is 0 Å². The van der Waals surface area contributed by atoms with Crippen molar-refractivity contribution in [3.63, 3.8) is 0 Å². The molecule has 202 valence electrons. The number of rotatable bonds is 5. The Hall–Kier alpha value is -3.60. The molecular formula is C34H38N2O3. The lowest BCUT2D eigenvalue weighted by atomic mass is 9.72. The Kier molecular flexibility index (Phi) is 7.40. The molecule has 0 atom stereocenters. The number of nitrogens with zero attached hydrogens (tertiary/aromatic N) is 2. The first-order valence-corrected chi connectivity index (χ1v) is 14.6. The quantitative estimate of drug-likeness (QED) is 0.368. The fourth-order valence-corrected chi connectivity index (χ4v) is 6.77. The van der Waals surface area contributed by atoms with Crippen molar-refractivity contribution in [2.45, 2.75) is 57.9 Å². The predicted octanol–water partition coefficient (Wildman–Crippen LogP) is 6.87. The second kappa shape index (κ2) is 11.3. The molecule has 1 aliphatic carbocycles. The molecular weight excluding hydrogens is 484 g/mol. The van der Waals surface area contributed by atoms with Crippen LogP contribution in [0.25, 0.3) is 0 Å². The average molecular weight is 523 g/mol. The SMILES string of the molecule is O=C(c1ccc(Oc2ccccc2)cc1)N1CCC2(CC1)Cc1ccccc1CN(CC1CCCCC1)C2=O. The standard InChI is InChI=1S/C34H38N2O3/c37-32(27-15-17-31(18-16-27)39-30-13-5-2-6-14-30)35-21-19-34(20-22-35)23-28-11-7-8-12-29(28)25-36(33(34)38)24-26-9-3-1-4-10-26/h2,5-8,11-18,26H,1,3-4,9-10,19-25H2. The molecule has 0 bridgehead atoms. The van der Waals surface area contributed by atoms with E-state index in [1.54, 1.807) is 0 Å². The summed E-state index contributed by atoms with van der Waals surface area (Å²) in [6.45, 7) is 2.79. The van der Waals surface area contributed by atoms with E-state index in [1.807, 2.05) is 59.5 Å². The number of para-hydroxylation sites is 1. The number of carbonyl (C=O) groups is 2. The summed E-state index contributed by atoms with van der Waals surface area (Å²) in [6.07, 6.45) is 8.55. The summed E-state index contributed by atoms with van der Waals surface area (Å²) in [6, 6.07) is 25.6. The number of carbonyl (C=O) groups excluding carboxylic acids is 2. The van der Waals surface area contributed by atoms with E-state index in [0.717, 1.165) is 18.7 Å². The Morgan fingerprint density at radius 2 is 1.44 bits per heavy atom. The third-order valence-corrected chi connectivity index (χ3v) is 9.04. The molecule has 39 heavy (non-hydrogen) atoms. The van der Waals surface area contributed by atoms with Gasteiger partial charge in [-0.3, -0.25) is 9.59 Å². The van der Waals surface area contributed by atoms with Crippen molar-refractivity contribution < 1.29 is 14.3 Å². The Bertz CT molecular complexity index is 1290. The summed E-state index contributed by atoms with van der Waals surface area (Å²) in [5.41, 5.74) is 2.81. The van der Waals surface area contributed by atoms with Crippen molar-refractivity contribution >= 4 is 11.8 Å². The van der Waals surface area contributed by atoms with Crippen LogP contribution in [0, 0.1) is 11.3 Å². The molecule has 3 aromatic rings. The van der Waals surface area contributed by atoms with Crippen LogP contribution in [0.1, 0.15) is 66.4 Å². The maximum atomic E-state index is 14.2. The van der Waals surface area contributed by atoms with E-state index >= 15 is 0 Å². The van der Waals surface area contributed by atoms with Crippen LogP contribution in [0.15, 0.2) is 78.9 Å². The number of hydrogen-bond acceptors (Lipinski definition) is 3. The third-order valence-electron chi connectivity index (χ3n) is 9.04. The number of hydrogen-bond donors (Lipinski definition) is 0. The lowest BCUT2D eigenvalue weighted by Crippen LogP contribution is -2.52. The van der Waals surface area contributed by atoms with Crippen molar-refractivity contribution in [1.82, 2.24) is 9.80 Å². The summed E-state index contributed by atoms with van der Waals surface area (Å²) in [7, 11) is 0. The molecule has 2 aliphatic heterocycles. The zero-order valence-electron chi connectivity index (χ0n) is 22.7. The average Bonchev–Trinajstić information content (AvgIpc) is 3.09. The maximum absolute atomic E-state index is 14.2. The molecule has 0 aromatic heterocycles. The van der Waals surface area contributed by atoms with Gasteiger partial charge in [-0.05, 0) is 85.5 Å². The van der Waals surface area contributed by atoms with Crippen LogP contribution in [0.5, 0.6) is 11.5 Å². The Morgan fingerprint density at radius 3 is 2.15 bits per heavy atom. The number of amides is 2. The van der Waals surface area contributed by atoms with Gasteiger partial charge in [-0.15, -0.1) is 0 Å². The van der Waals surface area contributed by atoms with Crippen LogP contribution in [-0.4, -0.2) is 41.2 Å². The molecule has 1 saturated carbocycles. The van der Waals surface area contributed by atoms with Gasteiger partial charge in [-0.25, -0.2) is 0 Å². The van der Waals surface area contributed by atoms with Crippen molar-refractivity contribution in [1.29, 1.82) is 0 Å². The Balaban J connectivity index is 1.15. The summed E-state index contributed by atoms with van der Waals surface area (Å²) < 4.78 is 5.88. The second-order valence-corrected chi connectivity index (χ2v) is 11.6. The molecule has 5 heteroatoms. The van der Waals surface area contributed by atoms with Crippen LogP contribution in [0.3, 0.4) is 0 Å². The molecule has 2 fully saturated rings. The first-order valence-electron chi connectivity index (χ1n) is 14.6. The molecule has 3 aliphatic rings. The third kappa shape index (κ3) is 5.59. The van der Waals surface area contributed by atoms with Gasteiger partial charge in [-0.2, -0.15) is 0 Å². The largest absolute Gasteiger partial charge is 0.457 e. The number of likely N-dealkylation sites (tertiary alicyclic amines) is 1. The zero-order chi connectivity index (χ0) is 26.7. The Morgan fingerprint density at radius 1 is 0.795 bits per heavy atom. The number of benzene rings is 3. The van der Waals surface area contributed by atoms with E-state index < -0.39 is 5.41 Å². The van der Waals surface area contributed by atoms with Gasteiger partial charge >= 0.3 is 0 Å². The van der Waals surface area contributed by atoms with E-state index in [-0.39, 0.29) is 5.91 Å². The second-order valence-electron chi connectivity index (χ2n) is 11.6. The van der Waals surface area contributed by atoms with E-state index in [4.69, 9.17) is 4.74 Å². The summed E-state index contributed by atoms with van der Waals surface area (Å²) in [4.78, 5) is 31.7. The normalized spacial score (nSPS) is 19.4. The molecule has 0 N–H and O–H groups in total. The molecule has 5 nitrogen and oxygen atoms in total. The van der Waals surface area contributed by atoms with Crippen LogP contribution in [0.4, 0.5) is 0 Å². The highest BCUT2D eigenvalue weighted by atomic mass is 16.5. The van der Waals surface area contributed by atoms with Gasteiger partial charge in [0.05, 0.1) is 5.41 Å². The molecule has 1 saturated heterocycles. The van der Waals surface area contributed by atoms with Crippen LogP contribution in [0.2, 0.25) is 0 Å². The van der Waals surface area contributed by atoms with Gasteiger partial charge < -0.3 is 14.5 Å². The predicted molar refractivity (Wildman–Crippen MR) is 153 cm³/mol. The summed E-state index contributed by atoms with van der Waals surface area (Å²) >= 11 is 0. The molecule has 2 heterocycles. The van der Waals surface area contributed by atoms with Gasteiger partial charge in [-0.1, -0.05) is 61.7 Å². The minimum absolute atomic E-state index is 0.0247. The van der Waals surface area contributed by atoms with Crippen molar-refractivity contribution in [3.8, 4) is 11.5 Å². The maximum Gasteiger partial charge on any atom is 0.253 e. The van der Waals surface area contributed by atoms with Gasteiger partial charge in [0.1, 0.15) is 11.5 Å². The number of fused-ring (bicyclic) bond motifs is 1. The topological polar surface area (TPSA) is 49.9 Å². The molecule has 1 spiro atoms. The summed E-state index contributed by atoms with van der Waals surface area (Å²) in [5, 5.41) is 0. The minimum Gasteiger partial charge on any atom is -0.457 e. The van der Waals surface area contributed by atoms with Gasteiger partial charge in [0.25, 0.3) is 5.91 Å². The highest BCUT2D eigenvalue weighted by Crippen LogP contribution is 2.41. The highest BCUT2D eigenvalue weighted by molar-refractivity contribution is 5.94. The fraction of sp³-hybridized carbons (Fsp3) is 0.412. The molecule has 6 rings (SSSR count). The first-order chi connectivity index (χ1) is 19.1. The summed E-state index contributed by atoms with van der Waals surface area (Å²) in [5.74, 6) is 2.41. The minimum atomic E-state index is -0.425. The number of ether oxygens (including phenoxy) is 1. The smallest absolute Gasteiger partial charge is 0.253 e. The van der Waals surface area contributed by atoms with Crippen molar-refractivity contribution in [2.75, 3.05) is 19.6 Å². The van der Waals surface area contributed by atoms with Gasteiger partial charge in [0.2, 0.25) is 5.91 Å². The molecule has 2 amide bonds. The van der Waals surface area contributed by atoms with Crippen LogP contribution in [-0.2, 0) is 17.8 Å². The first kappa shape index (κ1) is 25.7. The van der Waals surface area contributed by atoms with E-state index in [0.29, 0.717) is 55.6 Å². The van der Waals surface area contributed by atoms with Crippen LogP contribution >= 0.6 is 0 Å². The Labute approximate surface area is 231 Å².